The number of hydrogen-bond acceptors (Lipinski definition) is 11. The summed E-state index contributed by atoms with van der Waals surface area (Å²) in [6.07, 6.45) is 52.1. The lowest BCUT2D eigenvalue weighted by atomic mass is 9.98. The maximum atomic E-state index is 13.1. The number of hydrogen-bond donors (Lipinski definition) is 3. The predicted molar refractivity (Wildman–Crippen MR) is 312 cm³/mol. The van der Waals surface area contributed by atoms with Crippen LogP contribution >= 0.6 is 0 Å². The largest absolute Gasteiger partial charge is 0.479 e. The van der Waals surface area contributed by atoms with Gasteiger partial charge in [0.2, 0.25) is 0 Å². The highest BCUT2D eigenvalue weighted by Crippen LogP contribution is 2.27. The first kappa shape index (κ1) is 71.7. The van der Waals surface area contributed by atoms with E-state index in [1.54, 1.807) is 0 Å². The summed E-state index contributed by atoms with van der Waals surface area (Å²) in [5.41, 5.74) is 0. The van der Waals surface area contributed by atoms with E-state index in [2.05, 4.69) is 69.4 Å². The number of carbonyl (C=O) groups is 4. The third-order valence-corrected chi connectivity index (χ3v) is 14.4. The monoisotopic (exact) mass is 1090 g/mol. The number of carboxylic acids is 1. The molecule has 12 nitrogen and oxygen atoms in total. The second kappa shape index (κ2) is 53.3. The van der Waals surface area contributed by atoms with E-state index in [4.69, 9.17) is 23.7 Å². The zero-order valence-electron chi connectivity index (χ0n) is 49.2. The van der Waals surface area contributed by atoms with Gasteiger partial charge >= 0.3 is 23.9 Å². The number of aliphatic hydroxyl groups excluding tert-OH is 2. The number of unbranched alkanes of at least 4 members (excludes halogenated alkanes) is 32. The molecule has 0 aromatic carbocycles. The van der Waals surface area contributed by atoms with Crippen molar-refractivity contribution in [3.05, 3.63) is 48.6 Å². The highest BCUT2D eigenvalue weighted by Gasteiger charge is 2.50. The Hall–Kier alpha value is -3.32. The van der Waals surface area contributed by atoms with Crippen LogP contribution in [0.15, 0.2) is 48.6 Å². The van der Waals surface area contributed by atoms with Crippen molar-refractivity contribution in [2.75, 3.05) is 13.2 Å². The van der Waals surface area contributed by atoms with Gasteiger partial charge in [0.15, 0.2) is 24.6 Å². The number of rotatable bonds is 54. The molecule has 0 saturated carbocycles. The first-order chi connectivity index (χ1) is 37.6. The quantitative estimate of drug-likeness (QED) is 0.0228. The van der Waals surface area contributed by atoms with Crippen LogP contribution in [-0.2, 0) is 42.9 Å². The summed E-state index contributed by atoms with van der Waals surface area (Å²) in [6.45, 7) is 5.97. The number of carboxylic acid groups (broad SMARTS) is 1. The highest BCUT2D eigenvalue weighted by molar-refractivity contribution is 5.74. The van der Waals surface area contributed by atoms with E-state index in [1.165, 1.54) is 122 Å². The molecule has 446 valence electrons. The third-order valence-electron chi connectivity index (χ3n) is 14.4. The molecule has 3 N–H and O–H groups in total. The van der Waals surface area contributed by atoms with Crippen molar-refractivity contribution in [3.8, 4) is 0 Å². The SMILES string of the molecule is CCCCC/C=C\C/C=C\C/C=C\CCCCCCCCC(=O)OC1C(OCC(COC(=O)CCCCCCCCCCCCCCCCC)OC(=O)CCCCCCC/C=C\CCCCCC)OC(C(=O)O)C(O)C1O. The molecule has 6 unspecified atom stereocenters. The molecule has 1 aliphatic rings. The van der Waals surface area contributed by atoms with Crippen LogP contribution in [0.2, 0.25) is 0 Å². The second-order valence-corrected chi connectivity index (χ2v) is 21.7. The van der Waals surface area contributed by atoms with Gasteiger partial charge in [-0.3, -0.25) is 14.4 Å². The van der Waals surface area contributed by atoms with Crippen molar-refractivity contribution in [1.82, 2.24) is 0 Å². The average Bonchev–Trinajstić information content (AvgIpc) is 3.42. The standard InChI is InChI=1S/C65H114O12/c1-4-7-10-13-16-19-22-25-27-28-29-30-32-35-38-41-44-47-50-53-59(68)76-63-61(70)60(69)62(64(71)72)77-65(63)74-55-56(75-58(67)52-49-46-43-40-37-33-24-21-18-15-12-9-6-3)54-73-57(66)51-48-45-42-39-36-34-31-26-23-20-17-14-11-8-5-2/h16,19,21,24-25,27,29-30,56,60-63,65,69-70H,4-15,17-18,20,22-23,26,28,31-55H2,1-3H3,(H,71,72)/b19-16-,24-21-,27-25-,30-29-. The van der Waals surface area contributed by atoms with Gasteiger partial charge in [0.25, 0.3) is 0 Å². The van der Waals surface area contributed by atoms with E-state index in [9.17, 15) is 34.5 Å². The van der Waals surface area contributed by atoms with Crippen LogP contribution in [0.4, 0.5) is 0 Å². The van der Waals surface area contributed by atoms with Gasteiger partial charge in [-0.05, 0) is 83.5 Å². The first-order valence-corrected chi connectivity index (χ1v) is 31.6. The molecule has 77 heavy (non-hydrogen) atoms. The maximum absolute atomic E-state index is 13.1. The Balaban J connectivity index is 2.66. The summed E-state index contributed by atoms with van der Waals surface area (Å²) in [4.78, 5) is 51.2. The summed E-state index contributed by atoms with van der Waals surface area (Å²) in [5.74, 6) is -3.12. The van der Waals surface area contributed by atoms with Crippen LogP contribution in [0.25, 0.3) is 0 Å². The maximum Gasteiger partial charge on any atom is 0.335 e. The Labute approximate surface area is 469 Å². The van der Waals surface area contributed by atoms with E-state index in [0.717, 1.165) is 109 Å². The van der Waals surface area contributed by atoms with E-state index < -0.39 is 67.3 Å². The summed E-state index contributed by atoms with van der Waals surface area (Å²) < 4.78 is 28.5. The van der Waals surface area contributed by atoms with Crippen LogP contribution < -0.4 is 0 Å². The van der Waals surface area contributed by atoms with Gasteiger partial charge in [0.1, 0.15) is 18.8 Å². The van der Waals surface area contributed by atoms with Gasteiger partial charge in [0, 0.05) is 19.3 Å². The van der Waals surface area contributed by atoms with Crippen LogP contribution in [0.3, 0.4) is 0 Å². The van der Waals surface area contributed by atoms with E-state index in [1.807, 2.05) is 0 Å². The molecular weight excluding hydrogens is 973 g/mol. The normalized spacial score (nSPS) is 18.3. The molecular formula is C65H114O12. The smallest absolute Gasteiger partial charge is 0.335 e. The fraction of sp³-hybridized carbons (Fsp3) is 0.815. The fourth-order valence-corrected chi connectivity index (χ4v) is 9.49. The van der Waals surface area contributed by atoms with Gasteiger partial charge < -0.3 is 39.0 Å². The molecule has 0 aliphatic carbocycles. The number of ether oxygens (including phenoxy) is 5. The Bertz CT molecular complexity index is 1520. The van der Waals surface area contributed by atoms with Crippen molar-refractivity contribution in [1.29, 1.82) is 0 Å². The lowest BCUT2D eigenvalue weighted by Gasteiger charge is -2.40. The lowest BCUT2D eigenvalue weighted by Crippen LogP contribution is -2.61. The van der Waals surface area contributed by atoms with Gasteiger partial charge in [-0.15, -0.1) is 0 Å². The zero-order valence-corrected chi connectivity index (χ0v) is 49.2. The molecule has 0 radical (unpaired) electrons. The third kappa shape index (κ3) is 43.2. The van der Waals surface area contributed by atoms with E-state index in [0.29, 0.717) is 19.3 Å². The first-order valence-electron chi connectivity index (χ1n) is 31.6. The highest BCUT2D eigenvalue weighted by atomic mass is 16.7. The Morgan fingerprint density at radius 1 is 0.429 bits per heavy atom. The zero-order chi connectivity index (χ0) is 56.1. The minimum absolute atomic E-state index is 0.0467. The molecule has 1 fully saturated rings. The lowest BCUT2D eigenvalue weighted by molar-refractivity contribution is -0.301. The molecule has 1 saturated heterocycles. The molecule has 12 heteroatoms. The van der Waals surface area contributed by atoms with Crippen LogP contribution in [0.5, 0.6) is 0 Å². The minimum Gasteiger partial charge on any atom is -0.479 e. The molecule has 0 spiro atoms. The van der Waals surface area contributed by atoms with Gasteiger partial charge in [0.05, 0.1) is 6.61 Å². The summed E-state index contributed by atoms with van der Waals surface area (Å²) >= 11 is 0. The number of esters is 3. The van der Waals surface area contributed by atoms with Crippen LogP contribution in [0.1, 0.15) is 290 Å². The number of carbonyl (C=O) groups excluding carboxylic acids is 3. The van der Waals surface area contributed by atoms with Crippen molar-refractivity contribution in [2.24, 2.45) is 0 Å². The summed E-state index contributed by atoms with van der Waals surface area (Å²) in [6, 6.07) is 0. The molecule has 1 heterocycles. The van der Waals surface area contributed by atoms with E-state index >= 15 is 0 Å². The number of aliphatic hydroxyl groups is 2. The van der Waals surface area contributed by atoms with Crippen molar-refractivity contribution >= 4 is 23.9 Å². The number of aliphatic carboxylic acids is 1. The Morgan fingerprint density at radius 2 is 0.779 bits per heavy atom. The van der Waals surface area contributed by atoms with Crippen LogP contribution in [0, 0.1) is 0 Å². The Morgan fingerprint density at radius 3 is 1.23 bits per heavy atom. The molecule has 0 aromatic rings. The Kier molecular flexibility index (Phi) is 49.7. The van der Waals surface area contributed by atoms with Gasteiger partial charge in [-0.25, -0.2) is 4.79 Å². The molecule has 0 amide bonds. The van der Waals surface area contributed by atoms with Crippen molar-refractivity contribution < 1.29 is 58.2 Å². The number of allylic oxidation sites excluding steroid dienone is 8. The van der Waals surface area contributed by atoms with Gasteiger partial charge in [-0.2, -0.15) is 0 Å². The predicted octanol–water partition coefficient (Wildman–Crippen LogP) is 16.6. The summed E-state index contributed by atoms with van der Waals surface area (Å²) in [5, 5.41) is 31.5. The fourth-order valence-electron chi connectivity index (χ4n) is 9.49. The minimum atomic E-state index is -1.91. The molecule has 6 atom stereocenters. The average molecular weight is 1090 g/mol. The molecule has 1 aliphatic heterocycles. The molecule has 0 bridgehead atoms. The van der Waals surface area contributed by atoms with E-state index in [-0.39, 0.29) is 25.9 Å². The summed E-state index contributed by atoms with van der Waals surface area (Å²) in [7, 11) is 0. The molecule has 0 aromatic heterocycles. The molecule has 1 rings (SSSR count). The second-order valence-electron chi connectivity index (χ2n) is 21.7. The van der Waals surface area contributed by atoms with Crippen molar-refractivity contribution in [2.45, 2.75) is 327 Å². The van der Waals surface area contributed by atoms with Crippen molar-refractivity contribution in [3.63, 3.8) is 0 Å². The van der Waals surface area contributed by atoms with Crippen LogP contribution in [-0.4, -0.2) is 89.2 Å². The topological polar surface area (TPSA) is 175 Å². The van der Waals surface area contributed by atoms with Gasteiger partial charge in [-0.1, -0.05) is 236 Å².